The molecule has 0 aliphatic heterocycles. The number of hydrogen-bond donors (Lipinski definition) is 0. The minimum atomic E-state index is -0.369. The molecule has 1 nitrogen and oxygen atoms in total. The first kappa shape index (κ1) is 12.1. The van der Waals surface area contributed by atoms with Crippen molar-refractivity contribution >= 4 is 6.29 Å². The lowest BCUT2D eigenvalue weighted by Gasteiger charge is -2.28. The first-order valence-corrected chi connectivity index (χ1v) is 6.63. The minimum Gasteiger partial charge on any atom is -0.298 e. The molecule has 1 aliphatic carbocycles. The van der Waals surface area contributed by atoms with Gasteiger partial charge in [0, 0.05) is 5.56 Å². The molecule has 0 saturated heterocycles. The van der Waals surface area contributed by atoms with E-state index in [-0.39, 0.29) is 5.82 Å². The fourth-order valence-electron chi connectivity index (χ4n) is 2.69. The minimum absolute atomic E-state index is 0.369. The molecule has 0 spiro atoms. The molecule has 19 heavy (non-hydrogen) atoms. The number of carbonyl (C=O) groups is 1. The van der Waals surface area contributed by atoms with E-state index in [0.717, 1.165) is 17.4 Å². The number of hydrogen-bond acceptors (Lipinski definition) is 1. The molecule has 96 valence electrons. The zero-order chi connectivity index (χ0) is 13.2. The van der Waals surface area contributed by atoms with Crippen molar-refractivity contribution in [3.8, 4) is 11.1 Å². The van der Waals surface area contributed by atoms with Crippen LogP contribution in [0.25, 0.3) is 11.1 Å². The van der Waals surface area contributed by atoms with Gasteiger partial charge in [-0.25, -0.2) is 4.39 Å². The Morgan fingerprint density at radius 3 is 2.53 bits per heavy atom. The van der Waals surface area contributed by atoms with Gasteiger partial charge in [0.2, 0.25) is 0 Å². The highest BCUT2D eigenvalue weighted by Gasteiger charge is 2.23. The van der Waals surface area contributed by atoms with Crippen LogP contribution in [0.2, 0.25) is 0 Å². The van der Waals surface area contributed by atoms with Crippen molar-refractivity contribution in [3.05, 3.63) is 59.4 Å². The maximum absolute atomic E-state index is 13.2. The maximum Gasteiger partial charge on any atom is 0.150 e. The van der Waals surface area contributed by atoms with E-state index in [1.54, 1.807) is 6.07 Å². The highest BCUT2D eigenvalue weighted by molar-refractivity contribution is 5.88. The third-order valence-corrected chi connectivity index (χ3v) is 3.94. The zero-order valence-electron chi connectivity index (χ0n) is 10.6. The molecule has 0 radical (unpaired) electrons. The normalized spacial score (nSPS) is 15.0. The summed E-state index contributed by atoms with van der Waals surface area (Å²) in [4.78, 5) is 11.2. The predicted octanol–water partition coefficient (Wildman–Crippen LogP) is 4.57. The Labute approximate surface area is 112 Å². The molecule has 0 bridgehead atoms. The van der Waals surface area contributed by atoms with Gasteiger partial charge in [0.15, 0.2) is 6.29 Å². The van der Waals surface area contributed by atoms with E-state index in [0.29, 0.717) is 11.5 Å². The van der Waals surface area contributed by atoms with Crippen LogP contribution >= 0.6 is 0 Å². The van der Waals surface area contributed by atoms with Crippen LogP contribution in [0.1, 0.15) is 41.1 Å². The van der Waals surface area contributed by atoms with E-state index < -0.39 is 0 Å². The highest BCUT2D eigenvalue weighted by atomic mass is 19.1. The zero-order valence-corrected chi connectivity index (χ0v) is 10.6. The quantitative estimate of drug-likeness (QED) is 0.733. The fourth-order valence-corrected chi connectivity index (χ4v) is 2.69. The smallest absolute Gasteiger partial charge is 0.150 e. The van der Waals surface area contributed by atoms with Crippen molar-refractivity contribution in [1.82, 2.24) is 0 Å². The third-order valence-electron chi connectivity index (χ3n) is 3.94. The summed E-state index contributed by atoms with van der Waals surface area (Å²) in [6, 6.07) is 12.6. The molecule has 3 rings (SSSR count). The predicted molar refractivity (Wildman–Crippen MR) is 73.8 cm³/mol. The molecule has 2 heteroatoms. The summed E-state index contributed by atoms with van der Waals surface area (Å²) in [7, 11) is 0. The van der Waals surface area contributed by atoms with E-state index >= 15 is 0 Å². The maximum atomic E-state index is 13.2. The van der Waals surface area contributed by atoms with Crippen molar-refractivity contribution in [2.45, 2.75) is 25.2 Å². The van der Waals surface area contributed by atoms with Crippen molar-refractivity contribution in [2.75, 3.05) is 0 Å². The Balaban J connectivity index is 2.13. The van der Waals surface area contributed by atoms with Gasteiger partial charge in [-0.2, -0.15) is 0 Å². The van der Waals surface area contributed by atoms with Gasteiger partial charge in [-0.3, -0.25) is 4.79 Å². The summed E-state index contributed by atoms with van der Waals surface area (Å²) in [6.07, 6.45) is 4.40. The van der Waals surface area contributed by atoms with Gasteiger partial charge in [-0.05, 0) is 47.6 Å². The average molecular weight is 254 g/mol. The lowest BCUT2D eigenvalue weighted by Crippen LogP contribution is -2.10. The molecule has 0 unspecified atom stereocenters. The molecule has 0 N–H and O–H groups in total. The van der Waals surface area contributed by atoms with Crippen LogP contribution in [0, 0.1) is 5.82 Å². The molecule has 2 aromatic carbocycles. The van der Waals surface area contributed by atoms with Crippen LogP contribution in [0.4, 0.5) is 4.39 Å². The summed E-state index contributed by atoms with van der Waals surface area (Å²) in [5.74, 6) is 0.215. The molecule has 0 atom stereocenters. The molecule has 2 aromatic rings. The van der Waals surface area contributed by atoms with Crippen LogP contribution in [-0.2, 0) is 0 Å². The molecule has 0 amide bonds. The molecule has 0 heterocycles. The van der Waals surface area contributed by atoms with Gasteiger partial charge in [0.25, 0.3) is 0 Å². The van der Waals surface area contributed by atoms with Gasteiger partial charge < -0.3 is 0 Å². The Bertz CT molecular complexity index is 614. The number of halogens is 1. The Kier molecular flexibility index (Phi) is 3.16. The summed E-state index contributed by atoms with van der Waals surface area (Å²) < 4.78 is 13.2. The second kappa shape index (κ2) is 4.96. The second-order valence-corrected chi connectivity index (χ2v) is 5.06. The van der Waals surface area contributed by atoms with Crippen LogP contribution in [-0.4, -0.2) is 6.29 Å². The van der Waals surface area contributed by atoms with E-state index in [9.17, 15) is 9.18 Å². The number of carbonyl (C=O) groups excluding carboxylic acids is 1. The van der Waals surface area contributed by atoms with Crippen molar-refractivity contribution in [1.29, 1.82) is 0 Å². The van der Waals surface area contributed by atoms with Gasteiger partial charge in [-0.15, -0.1) is 0 Å². The first-order valence-electron chi connectivity index (χ1n) is 6.63. The largest absolute Gasteiger partial charge is 0.298 e. The van der Waals surface area contributed by atoms with E-state index in [1.165, 1.54) is 37.0 Å². The standard InChI is InChI=1S/C17H15FO/c18-14-8-9-16(13(10-14)11-19)17-7-2-1-6-15(17)12-4-3-5-12/h1-2,6-12H,3-5H2. The van der Waals surface area contributed by atoms with Gasteiger partial charge >= 0.3 is 0 Å². The molecular formula is C17H15FO. The van der Waals surface area contributed by atoms with Crippen LogP contribution in [0.5, 0.6) is 0 Å². The Morgan fingerprint density at radius 1 is 1.05 bits per heavy atom. The van der Waals surface area contributed by atoms with Gasteiger partial charge in [-0.1, -0.05) is 36.8 Å². The van der Waals surface area contributed by atoms with Crippen molar-refractivity contribution in [2.24, 2.45) is 0 Å². The lowest BCUT2D eigenvalue weighted by atomic mass is 9.77. The second-order valence-electron chi connectivity index (χ2n) is 5.06. The molecule has 0 aromatic heterocycles. The van der Waals surface area contributed by atoms with Crippen LogP contribution in [0.3, 0.4) is 0 Å². The van der Waals surface area contributed by atoms with Crippen molar-refractivity contribution in [3.63, 3.8) is 0 Å². The van der Waals surface area contributed by atoms with E-state index in [2.05, 4.69) is 6.07 Å². The fraction of sp³-hybridized carbons (Fsp3) is 0.235. The van der Waals surface area contributed by atoms with Gasteiger partial charge in [0.05, 0.1) is 0 Å². The average Bonchev–Trinajstić information content (AvgIpc) is 2.37. The number of benzene rings is 2. The summed E-state index contributed by atoms with van der Waals surface area (Å²) in [5, 5.41) is 0. The molecular weight excluding hydrogens is 239 g/mol. The third kappa shape index (κ3) is 2.19. The molecule has 1 saturated carbocycles. The summed E-state index contributed by atoms with van der Waals surface area (Å²) >= 11 is 0. The Morgan fingerprint density at radius 2 is 1.84 bits per heavy atom. The Hall–Kier alpha value is -1.96. The highest BCUT2D eigenvalue weighted by Crippen LogP contribution is 2.41. The molecule has 1 aliphatic rings. The van der Waals surface area contributed by atoms with Gasteiger partial charge in [0.1, 0.15) is 5.82 Å². The monoisotopic (exact) mass is 254 g/mol. The SMILES string of the molecule is O=Cc1cc(F)ccc1-c1ccccc1C1CCC1. The van der Waals surface area contributed by atoms with E-state index in [1.807, 2.05) is 18.2 Å². The number of aldehydes is 1. The first-order chi connectivity index (χ1) is 9.29. The summed E-state index contributed by atoms with van der Waals surface area (Å²) in [5.41, 5.74) is 3.60. The lowest BCUT2D eigenvalue weighted by molar-refractivity contribution is 0.112. The number of rotatable bonds is 3. The van der Waals surface area contributed by atoms with Crippen LogP contribution in [0.15, 0.2) is 42.5 Å². The molecule has 1 fully saturated rings. The topological polar surface area (TPSA) is 17.1 Å². The van der Waals surface area contributed by atoms with Crippen LogP contribution < -0.4 is 0 Å². The van der Waals surface area contributed by atoms with Crippen molar-refractivity contribution < 1.29 is 9.18 Å². The van der Waals surface area contributed by atoms with E-state index in [4.69, 9.17) is 0 Å². The summed E-state index contributed by atoms with van der Waals surface area (Å²) in [6.45, 7) is 0.